The van der Waals surface area contributed by atoms with Gasteiger partial charge in [-0.15, -0.1) is 0 Å². The van der Waals surface area contributed by atoms with E-state index in [2.05, 4.69) is 35.1 Å². The molecule has 1 N–H and O–H groups in total. The van der Waals surface area contributed by atoms with Crippen molar-refractivity contribution >= 4 is 27.5 Å². The first-order valence-electron chi connectivity index (χ1n) is 7.25. The summed E-state index contributed by atoms with van der Waals surface area (Å²) in [6.45, 7) is 6.15. The van der Waals surface area contributed by atoms with Crippen molar-refractivity contribution in [2.24, 2.45) is 0 Å². The first-order chi connectivity index (χ1) is 10.5. The molecule has 0 spiro atoms. The molecular weight excluding hydrogens is 342 g/mol. The minimum Gasteiger partial charge on any atom is -0.483 e. The number of rotatable bonds is 5. The van der Waals surface area contributed by atoms with Crippen molar-refractivity contribution in [2.75, 3.05) is 11.9 Å². The fraction of sp³-hybridized carbons (Fsp3) is 0.278. The van der Waals surface area contributed by atoms with Gasteiger partial charge in [0.05, 0.1) is 0 Å². The van der Waals surface area contributed by atoms with E-state index in [1.165, 1.54) is 0 Å². The standard InChI is InChI=1S/C18H20BrNO2/c1-12(2)15-10-14(19)8-9-17(15)22-11-18(21)20-16-7-5-4-6-13(16)3/h4-10,12H,11H2,1-3H3,(H,20,21). The van der Waals surface area contributed by atoms with Gasteiger partial charge in [0.15, 0.2) is 6.61 Å². The van der Waals surface area contributed by atoms with Gasteiger partial charge in [-0.25, -0.2) is 0 Å². The summed E-state index contributed by atoms with van der Waals surface area (Å²) in [7, 11) is 0. The lowest BCUT2D eigenvalue weighted by Gasteiger charge is -2.15. The number of amides is 1. The molecule has 22 heavy (non-hydrogen) atoms. The molecule has 0 fully saturated rings. The lowest BCUT2D eigenvalue weighted by molar-refractivity contribution is -0.118. The van der Waals surface area contributed by atoms with E-state index >= 15 is 0 Å². The molecule has 0 atom stereocenters. The van der Waals surface area contributed by atoms with Crippen molar-refractivity contribution in [3.05, 3.63) is 58.1 Å². The largest absolute Gasteiger partial charge is 0.483 e. The highest BCUT2D eigenvalue weighted by molar-refractivity contribution is 9.10. The second-order valence-corrected chi connectivity index (χ2v) is 6.40. The van der Waals surface area contributed by atoms with Crippen molar-refractivity contribution in [2.45, 2.75) is 26.7 Å². The molecule has 2 aromatic rings. The zero-order valence-corrected chi connectivity index (χ0v) is 14.6. The Kier molecular flexibility index (Phi) is 5.61. The first-order valence-corrected chi connectivity index (χ1v) is 8.04. The number of benzene rings is 2. The fourth-order valence-corrected chi connectivity index (χ4v) is 2.52. The van der Waals surface area contributed by atoms with Crippen molar-refractivity contribution in [1.82, 2.24) is 0 Å². The summed E-state index contributed by atoms with van der Waals surface area (Å²) in [5, 5.41) is 2.87. The van der Waals surface area contributed by atoms with Crippen molar-refractivity contribution < 1.29 is 9.53 Å². The summed E-state index contributed by atoms with van der Waals surface area (Å²) in [4.78, 5) is 12.0. The second-order valence-electron chi connectivity index (χ2n) is 5.49. The van der Waals surface area contributed by atoms with Crippen LogP contribution in [-0.4, -0.2) is 12.5 Å². The third-order valence-corrected chi connectivity index (χ3v) is 3.87. The first kappa shape index (κ1) is 16.6. The normalized spacial score (nSPS) is 10.6. The number of carbonyl (C=O) groups is 1. The predicted molar refractivity (Wildman–Crippen MR) is 93.5 cm³/mol. The van der Waals surface area contributed by atoms with Crippen LogP contribution in [0.4, 0.5) is 5.69 Å². The predicted octanol–water partition coefficient (Wildman–Crippen LogP) is 4.90. The lowest BCUT2D eigenvalue weighted by Crippen LogP contribution is -2.21. The van der Waals surface area contributed by atoms with Crippen LogP contribution in [0.1, 0.15) is 30.9 Å². The zero-order valence-electron chi connectivity index (χ0n) is 13.0. The molecule has 4 heteroatoms. The third-order valence-electron chi connectivity index (χ3n) is 3.37. The molecule has 116 valence electrons. The Morgan fingerprint density at radius 1 is 1.23 bits per heavy atom. The van der Waals surface area contributed by atoms with Crippen molar-refractivity contribution in [3.63, 3.8) is 0 Å². The van der Waals surface area contributed by atoms with Crippen LogP contribution in [-0.2, 0) is 4.79 Å². The molecule has 3 nitrogen and oxygen atoms in total. The number of halogens is 1. The van der Waals surface area contributed by atoms with Gasteiger partial charge in [-0.1, -0.05) is 48.0 Å². The molecule has 0 aliphatic rings. The molecule has 0 bridgehead atoms. The average Bonchev–Trinajstić information content (AvgIpc) is 2.48. The summed E-state index contributed by atoms with van der Waals surface area (Å²) < 4.78 is 6.70. The van der Waals surface area contributed by atoms with Crippen LogP contribution < -0.4 is 10.1 Å². The Hall–Kier alpha value is -1.81. The Bertz CT molecular complexity index is 668. The van der Waals surface area contributed by atoms with Crippen LogP contribution in [0.3, 0.4) is 0 Å². The average molecular weight is 362 g/mol. The maximum absolute atomic E-state index is 12.0. The topological polar surface area (TPSA) is 38.3 Å². The van der Waals surface area contributed by atoms with Gasteiger partial charge in [0, 0.05) is 10.2 Å². The highest BCUT2D eigenvalue weighted by atomic mass is 79.9. The number of aryl methyl sites for hydroxylation is 1. The Labute approximate surface area is 139 Å². The van der Waals surface area contributed by atoms with E-state index in [-0.39, 0.29) is 12.5 Å². The summed E-state index contributed by atoms with van der Waals surface area (Å²) in [6.07, 6.45) is 0. The third kappa shape index (κ3) is 4.34. The monoisotopic (exact) mass is 361 g/mol. The fourth-order valence-electron chi connectivity index (χ4n) is 2.14. The molecule has 0 aromatic heterocycles. The highest BCUT2D eigenvalue weighted by Gasteiger charge is 2.11. The second kappa shape index (κ2) is 7.45. The van der Waals surface area contributed by atoms with E-state index in [4.69, 9.17) is 4.74 Å². The van der Waals surface area contributed by atoms with Gasteiger partial charge in [0.25, 0.3) is 5.91 Å². The van der Waals surface area contributed by atoms with Crippen LogP contribution in [0.5, 0.6) is 5.75 Å². The molecule has 2 rings (SSSR count). The number of nitrogens with one attached hydrogen (secondary N) is 1. The number of anilines is 1. The maximum atomic E-state index is 12.0. The zero-order chi connectivity index (χ0) is 16.1. The minimum absolute atomic E-state index is 0.00428. The molecule has 0 saturated carbocycles. The molecule has 0 unspecified atom stereocenters. The number of carbonyl (C=O) groups excluding carboxylic acids is 1. The minimum atomic E-state index is -0.160. The summed E-state index contributed by atoms with van der Waals surface area (Å²) >= 11 is 3.46. The van der Waals surface area contributed by atoms with Gasteiger partial charge >= 0.3 is 0 Å². The molecule has 0 radical (unpaired) electrons. The van der Waals surface area contributed by atoms with Gasteiger partial charge in [0.1, 0.15) is 5.75 Å². The number of hydrogen-bond acceptors (Lipinski definition) is 2. The van der Waals surface area contributed by atoms with Crippen molar-refractivity contribution in [3.8, 4) is 5.75 Å². The SMILES string of the molecule is Cc1ccccc1NC(=O)COc1ccc(Br)cc1C(C)C. The van der Waals surface area contributed by atoms with Crippen LogP contribution in [0.25, 0.3) is 0 Å². The molecule has 0 heterocycles. The van der Waals surface area contributed by atoms with Crippen LogP contribution in [0, 0.1) is 6.92 Å². The van der Waals surface area contributed by atoms with Gasteiger partial charge in [-0.2, -0.15) is 0 Å². The van der Waals surface area contributed by atoms with E-state index in [1.54, 1.807) is 0 Å². The molecule has 0 saturated heterocycles. The van der Waals surface area contributed by atoms with Crippen LogP contribution >= 0.6 is 15.9 Å². The van der Waals surface area contributed by atoms with E-state index in [0.29, 0.717) is 5.92 Å². The summed E-state index contributed by atoms with van der Waals surface area (Å²) in [6, 6.07) is 13.5. The Morgan fingerprint density at radius 3 is 2.64 bits per heavy atom. The van der Waals surface area contributed by atoms with E-state index in [9.17, 15) is 4.79 Å². The summed E-state index contributed by atoms with van der Waals surface area (Å²) in [5.74, 6) is 0.914. The molecule has 0 aliphatic carbocycles. The molecule has 0 aliphatic heterocycles. The summed E-state index contributed by atoms with van der Waals surface area (Å²) in [5.41, 5.74) is 2.93. The quantitative estimate of drug-likeness (QED) is 0.822. The van der Waals surface area contributed by atoms with Gasteiger partial charge in [-0.3, -0.25) is 4.79 Å². The number of hydrogen-bond donors (Lipinski definition) is 1. The van der Waals surface area contributed by atoms with Gasteiger partial charge < -0.3 is 10.1 Å². The van der Waals surface area contributed by atoms with Crippen molar-refractivity contribution in [1.29, 1.82) is 0 Å². The highest BCUT2D eigenvalue weighted by Crippen LogP contribution is 2.29. The molecule has 1 amide bonds. The number of ether oxygens (including phenoxy) is 1. The molecule has 2 aromatic carbocycles. The van der Waals surface area contributed by atoms with E-state index in [0.717, 1.165) is 27.0 Å². The van der Waals surface area contributed by atoms with Crippen LogP contribution in [0.15, 0.2) is 46.9 Å². The maximum Gasteiger partial charge on any atom is 0.262 e. The number of para-hydroxylation sites is 1. The van der Waals surface area contributed by atoms with E-state index in [1.807, 2.05) is 49.4 Å². The smallest absolute Gasteiger partial charge is 0.262 e. The lowest BCUT2D eigenvalue weighted by atomic mass is 10.0. The van der Waals surface area contributed by atoms with Gasteiger partial charge in [-0.05, 0) is 48.2 Å². The molecular formula is C18H20BrNO2. The van der Waals surface area contributed by atoms with Gasteiger partial charge in [0.2, 0.25) is 0 Å². The van der Waals surface area contributed by atoms with E-state index < -0.39 is 0 Å². The Morgan fingerprint density at radius 2 is 1.95 bits per heavy atom. The van der Waals surface area contributed by atoms with Crippen LogP contribution in [0.2, 0.25) is 0 Å². The Balaban J connectivity index is 2.01.